The van der Waals surface area contributed by atoms with Crippen molar-refractivity contribution in [1.82, 2.24) is 30.1 Å². The molecule has 1 saturated heterocycles. The van der Waals surface area contributed by atoms with E-state index >= 15 is 0 Å². The average molecular weight is 451 g/mol. The highest BCUT2D eigenvalue weighted by molar-refractivity contribution is 6.30. The number of nitrogens with zero attached hydrogens (tertiary/aromatic N) is 6. The maximum Gasteiger partial charge on any atom is 0.244 e. The molecule has 0 aliphatic carbocycles. The molecule has 5 rings (SSSR count). The molecule has 1 aliphatic heterocycles. The van der Waals surface area contributed by atoms with E-state index in [4.69, 9.17) is 20.6 Å². The Bertz CT molecular complexity index is 1150. The zero-order valence-electron chi connectivity index (χ0n) is 17.7. The number of rotatable bonds is 6. The second-order valence-corrected chi connectivity index (χ2v) is 8.27. The van der Waals surface area contributed by atoms with E-state index in [1.54, 1.807) is 0 Å². The van der Waals surface area contributed by atoms with Crippen LogP contribution in [0.1, 0.15) is 24.7 Å². The van der Waals surface area contributed by atoms with E-state index in [0.29, 0.717) is 35.0 Å². The van der Waals surface area contributed by atoms with Gasteiger partial charge in [-0.3, -0.25) is 9.80 Å². The molecule has 1 aliphatic rings. The monoisotopic (exact) mass is 450 g/mol. The summed E-state index contributed by atoms with van der Waals surface area (Å²) in [6.07, 6.45) is 0. The summed E-state index contributed by atoms with van der Waals surface area (Å²) in [4.78, 5) is 13.8. The van der Waals surface area contributed by atoms with E-state index in [9.17, 15) is 0 Å². The molecule has 8 nitrogen and oxygen atoms in total. The maximum atomic E-state index is 5.95. The Balaban J connectivity index is 1.16. The van der Waals surface area contributed by atoms with E-state index in [0.717, 1.165) is 37.3 Å². The average Bonchev–Trinajstić information content (AvgIpc) is 3.51. The third-order valence-electron chi connectivity index (χ3n) is 5.72. The Morgan fingerprint density at radius 3 is 2.25 bits per heavy atom. The molecule has 1 fully saturated rings. The first-order valence-corrected chi connectivity index (χ1v) is 11.0. The number of piperazine rings is 1. The van der Waals surface area contributed by atoms with Crippen molar-refractivity contribution >= 4 is 11.6 Å². The summed E-state index contributed by atoms with van der Waals surface area (Å²) in [7, 11) is 0. The molecule has 9 heteroatoms. The molecule has 1 atom stereocenters. The van der Waals surface area contributed by atoms with Gasteiger partial charge in [0.25, 0.3) is 0 Å². The van der Waals surface area contributed by atoms with Crippen molar-refractivity contribution in [3.8, 4) is 22.8 Å². The molecule has 2 aromatic heterocycles. The standard InChI is InChI=1S/C23H23ClN6O2/c1-16(23-26-22(28-32-23)17-5-3-2-4-6-17)30-13-11-29(12-14-30)15-20-25-21(27-31-20)18-7-9-19(24)10-8-18/h2-10,16H,11-15H2,1H3. The lowest BCUT2D eigenvalue weighted by Gasteiger charge is -2.36. The summed E-state index contributed by atoms with van der Waals surface area (Å²) >= 11 is 5.95. The van der Waals surface area contributed by atoms with E-state index in [1.165, 1.54) is 0 Å². The Labute approximate surface area is 190 Å². The van der Waals surface area contributed by atoms with Gasteiger partial charge in [0, 0.05) is 42.3 Å². The smallest absolute Gasteiger partial charge is 0.244 e. The predicted molar refractivity (Wildman–Crippen MR) is 120 cm³/mol. The molecule has 0 radical (unpaired) electrons. The molecule has 0 saturated carbocycles. The Kier molecular flexibility index (Phi) is 5.98. The number of halogens is 1. The van der Waals surface area contributed by atoms with Crippen molar-refractivity contribution in [3.05, 3.63) is 71.4 Å². The molecular weight excluding hydrogens is 428 g/mol. The van der Waals surface area contributed by atoms with Gasteiger partial charge < -0.3 is 9.05 Å². The van der Waals surface area contributed by atoms with Gasteiger partial charge in [-0.05, 0) is 31.2 Å². The Morgan fingerprint density at radius 1 is 0.844 bits per heavy atom. The van der Waals surface area contributed by atoms with Gasteiger partial charge in [-0.15, -0.1) is 0 Å². The molecule has 3 heterocycles. The van der Waals surface area contributed by atoms with Crippen molar-refractivity contribution in [2.75, 3.05) is 26.2 Å². The van der Waals surface area contributed by atoms with Crippen LogP contribution in [0.4, 0.5) is 0 Å². The highest BCUT2D eigenvalue weighted by Gasteiger charge is 2.26. The molecule has 0 amide bonds. The van der Waals surface area contributed by atoms with Gasteiger partial charge in [0.1, 0.15) is 0 Å². The summed E-state index contributed by atoms with van der Waals surface area (Å²) in [5.41, 5.74) is 1.84. The van der Waals surface area contributed by atoms with Crippen LogP contribution in [0.25, 0.3) is 22.8 Å². The fourth-order valence-electron chi connectivity index (χ4n) is 3.80. The van der Waals surface area contributed by atoms with Crippen LogP contribution in [0.2, 0.25) is 5.02 Å². The minimum absolute atomic E-state index is 0.0574. The fraction of sp³-hybridized carbons (Fsp3) is 0.304. The summed E-state index contributed by atoms with van der Waals surface area (Å²) in [5.74, 6) is 2.45. The van der Waals surface area contributed by atoms with E-state index in [1.807, 2.05) is 54.6 Å². The van der Waals surface area contributed by atoms with Crippen LogP contribution in [-0.2, 0) is 6.54 Å². The summed E-state index contributed by atoms with van der Waals surface area (Å²) in [6, 6.07) is 17.3. The van der Waals surface area contributed by atoms with Crippen molar-refractivity contribution in [1.29, 1.82) is 0 Å². The van der Waals surface area contributed by atoms with Gasteiger partial charge in [-0.2, -0.15) is 9.97 Å². The summed E-state index contributed by atoms with van der Waals surface area (Å²) < 4.78 is 11.0. The summed E-state index contributed by atoms with van der Waals surface area (Å²) in [5, 5.41) is 8.93. The first kappa shape index (κ1) is 20.8. The Morgan fingerprint density at radius 2 is 1.50 bits per heavy atom. The molecule has 4 aromatic rings. The number of benzene rings is 2. The molecule has 2 aromatic carbocycles. The van der Waals surface area contributed by atoms with E-state index in [2.05, 4.69) is 37.0 Å². The molecule has 164 valence electrons. The zero-order chi connectivity index (χ0) is 21.9. The molecule has 0 spiro atoms. The lowest BCUT2D eigenvalue weighted by atomic mass is 10.2. The molecule has 32 heavy (non-hydrogen) atoms. The first-order valence-electron chi connectivity index (χ1n) is 10.6. The minimum atomic E-state index is 0.0574. The highest BCUT2D eigenvalue weighted by Crippen LogP contribution is 2.24. The lowest BCUT2D eigenvalue weighted by Crippen LogP contribution is -2.46. The first-order chi connectivity index (χ1) is 15.7. The molecule has 0 N–H and O–H groups in total. The van der Waals surface area contributed by atoms with E-state index in [-0.39, 0.29) is 6.04 Å². The van der Waals surface area contributed by atoms with Crippen LogP contribution in [0, 0.1) is 0 Å². The third kappa shape index (κ3) is 4.57. The van der Waals surface area contributed by atoms with Crippen molar-refractivity contribution in [2.24, 2.45) is 0 Å². The van der Waals surface area contributed by atoms with Crippen LogP contribution in [0.3, 0.4) is 0 Å². The third-order valence-corrected chi connectivity index (χ3v) is 5.97. The molecule has 0 bridgehead atoms. The SMILES string of the molecule is CC(c1nc(-c2ccccc2)no1)N1CCN(Cc2nc(-c3ccc(Cl)cc3)no2)CC1. The second-order valence-electron chi connectivity index (χ2n) is 7.83. The van der Waals surface area contributed by atoms with Crippen LogP contribution in [0.5, 0.6) is 0 Å². The predicted octanol–water partition coefficient (Wildman–Crippen LogP) is 4.32. The van der Waals surface area contributed by atoms with Crippen LogP contribution >= 0.6 is 11.6 Å². The number of hydrogen-bond donors (Lipinski definition) is 0. The number of aromatic nitrogens is 4. The van der Waals surface area contributed by atoms with Crippen molar-refractivity contribution in [2.45, 2.75) is 19.5 Å². The number of hydrogen-bond acceptors (Lipinski definition) is 8. The normalized spacial score (nSPS) is 16.3. The van der Waals surface area contributed by atoms with Gasteiger partial charge in [-0.25, -0.2) is 0 Å². The van der Waals surface area contributed by atoms with Gasteiger partial charge in [0.15, 0.2) is 0 Å². The van der Waals surface area contributed by atoms with Crippen molar-refractivity contribution < 1.29 is 9.05 Å². The van der Waals surface area contributed by atoms with Crippen LogP contribution in [0.15, 0.2) is 63.6 Å². The molecule has 1 unspecified atom stereocenters. The van der Waals surface area contributed by atoms with Gasteiger partial charge >= 0.3 is 0 Å². The largest absolute Gasteiger partial charge is 0.338 e. The maximum absolute atomic E-state index is 5.95. The minimum Gasteiger partial charge on any atom is -0.338 e. The quantitative estimate of drug-likeness (QED) is 0.429. The summed E-state index contributed by atoms with van der Waals surface area (Å²) in [6.45, 7) is 6.30. The topological polar surface area (TPSA) is 84.3 Å². The van der Waals surface area contributed by atoms with Crippen LogP contribution < -0.4 is 0 Å². The Hall–Kier alpha value is -3.07. The van der Waals surface area contributed by atoms with Gasteiger partial charge in [0.05, 0.1) is 12.6 Å². The zero-order valence-corrected chi connectivity index (χ0v) is 18.4. The van der Waals surface area contributed by atoms with Gasteiger partial charge in [-0.1, -0.05) is 52.2 Å². The highest BCUT2D eigenvalue weighted by atomic mass is 35.5. The second kappa shape index (κ2) is 9.20. The van der Waals surface area contributed by atoms with E-state index < -0.39 is 0 Å². The lowest BCUT2D eigenvalue weighted by molar-refractivity contribution is 0.0785. The van der Waals surface area contributed by atoms with Gasteiger partial charge in [0.2, 0.25) is 23.4 Å². The van der Waals surface area contributed by atoms with Crippen molar-refractivity contribution in [3.63, 3.8) is 0 Å². The van der Waals surface area contributed by atoms with Crippen LogP contribution in [-0.4, -0.2) is 56.3 Å². The fourth-order valence-corrected chi connectivity index (χ4v) is 3.93. The molecular formula is C23H23ClN6O2.